The summed E-state index contributed by atoms with van der Waals surface area (Å²) >= 11 is 0. The first-order chi connectivity index (χ1) is 9.97. The van der Waals surface area contributed by atoms with Gasteiger partial charge in [-0.05, 0) is 61.2 Å². The number of benzene rings is 1. The number of likely N-dealkylation sites (tertiary alicyclic amines) is 1. The lowest BCUT2D eigenvalue weighted by Gasteiger charge is -2.32. The van der Waals surface area contributed by atoms with E-state index < -0.39 is 0 Å². The Hall–Kier alpha value is -0.860. The summed E-state index contributed by atoms with van der Waals surface area (Å²) in [4.78, 5) is 2.55. The molecule has 3 rings (SSSR count). The van der Waals surface area contributed by atoms with E-state index in [4.69, 9.17) is 0 Å². The quantitative estimate of drug-likeness (QED) is 0.849. The molecule has 1 heterocycles. The third-order valence-electron chi connectivity index (χ3n) is 5.62. The largest absolute Gasteiger partial charge is 0.387 e. The minimum absolute atomic E-state index is 0.293. The first kappa shape index (κ1) is 15.1. The van der Waals surface area contributed by atoms with Crippen LogP contribution < -0.4 is 0 Å². The molecule has 1 aliphatic heterocycles. The van der Waals surface area contributed by atoms with Gasteiger partial charge in [0, 0.05) is 6.04 Å². The van der Waals surface area contributed by atoms with Crippen LogP contribution >= 0.6 is 0 Å². The molecule has 2 aliphatic rings. The summed E-state index contributed by atoms with van der Waals surface area (Å²) in [5.41, 5.74) is 2.90. The molecule has 1 N–H and O–H groups in total. The summed E-state index contributed by atoms with van der Waals surface area (Å²) in [7, 11) is 0. The second-order valence-corrected chi connectivity index (χ2v) is 7.94. The summed E-state index contributed by atoms with van der Waals surface area (Å²) < 4.78 is 0. The van der Waals surface area contributed by atoms with Gasteiger partial charge in [-0.2, -0.15) is 0 Å². The SMILES string of the molecule is CC(C)(C)C1CCCN(C2Cc3ccccc3C2O)CC1. The summed E-state index contributed by atoms with van der Waals surface area (Å²) in [6, 6.07) is 8.69. The Morgan fingerprint density at radius 2 is 1.86 bits per heavy atom. The molecule has 0 amide bonds. The van der Waals surface area contributed by atoms with E-state index in [1.807, 2.05) is 6.07 Å². The van der Waals surface area contributed by atoms with Crippen LogP contribution in [-0.2, 0) is 6.42 Å². The van der Waals surface area contributed by atoms with Gasteiger partial charge in [-0.3, -0.25) is 4.90 Å². The van der Waals surface area contributed by atoms with Gasteiger partial charge in [-0.15, -0.1) is 0 Å². The Morgan fingerprint density at radius 3 is 2.57 bits per heavy atom. The number of rotatable bonds is 1. The first-order valence-electron chi connectivity index (χ1n) is 8.47. The van der Waals surface area contributed by atoms with Crippen molar-refractivity contribution in [2.45, 2.75) is 58.6 Å². The zero-order chi connectivity index (χ0) is 15.0. The lowest BCUT2D eigenvalue weighted by molar-refractivity contribution is 0.0607. The highest BCUT2D eigenvalue weighted by Gasteiger charge is 2.36. The van der Waals surface area contributed by atoms with Crippen LogP contribution in [0.5, 0.6) is 0 Å². The average molecular weight is 287 g/mol. The molecule has 0 saturated carbocycles. The van der Waals surface area contributed by atoms with Crippen LogP contribution in [0.15, 0.2) is 24.3 Å². The van der Waals surface area contributed by atoms with Crippen molar-refractivity contribution in [3.63, 3.8) is 0 Å². The lowest BCUT2D eigenvalue weighted by atomic mass is 9.77. The summed E-state index contributed by atoms with van der Waals surface area (Å²) in [5, 5.41) is 10.7. The molecule has 2 nitrogen and oxygen atoms in total. The smallest absolute Gasteiger partial charge is 0.0951 e. The predicted molar refractivity (Wildman–Crippen MR) is 87.3 cm³/mol. The molecule has 21 heavy (non-hydrogen) atoms. The normalized spacial score (nSPS) is 31.0. The third-order valence-corrected chi connectivity index (χ3v) is 5.62. The van der Waals surface area contributed by atoms with Gasteiger partial charge in [0.25, 0.3) is 0 Å². The molecule has 0 aromatic heterocycles. The lowest BCUT2D eigenvalue weighted by Crippen LogP contribution is -2.39. The van der Waals surface area contributed by atoms with Crippen molar-refractivity contribution in [3.8, 4) is 0 Å². The molecule has 1 aromatic carbocycles. The zero-order valence-corrected chi connectivity index (χ0v) is 13.7. The molecule has 0 spiro atoms. The number of hydrogen-bond acceptors (Lipinski definition) is 2. The standard InChI is InChI=1S/C19H29NO/c1-19(2,3)15-8-6-11-20(12-10-15)17-13-14-7-4-5-9-16(14)18(17)21/h4-5,7,9,15,17-18,21H,6,8,10-13H2,1-3H3. The average Bonchev–Trinajstić information content (AvgIpc) is 2.64. The van der Waals surface area contributed by atoms with Gasteiger partial charge in [0.1, 0.15) is 0 Å². The van der Waals surface area contributed by atoms with E-state index in [0.29, 0.717) is 11.5 Å². The second-order valence-electron chi connectivity index (χ2n) is 7.94. The van der Waals surface area contributed by atoms with Gasteiger partial charge < -0.3 is 5.11 Å². The first-order valence-corrected chi connectivity index (χ1v) is 8.47. The Kier molecular flexibility index (Phi) is 4.11. The van der Waals surface area contributed by atoms with Crippen molar-refractivity contribution in [3.05, 3.63) is 35.4 Å². The van der Waals surface area contributed by atoms with Crippen LogP contribution in [0.3, 0.4) is 0 Å². The van der Waals surface area contributed by atoms with E-state index in [9.17, 15) is 5.11 Å². The maximum atomic E-state index is 10.7. The molecule has 1 saturated heterocycles. The molecule has 1 aromatic rings. The van der Waals surface area contributed by atoms with Crippen molar-refractivity contribution in [2.75, 3.05) is 13.1 Å². The van der Waals surface area contributed by atoms with Crippen LogP contribution in [0.25, 0.3) is 0 Å². The topological polar surface area (TPSA) is 23.5 Å². The molecule has 1 aliphatic carbocycles. The molecule has 0 bridgehead atoms. The van der Waals surface area contributed by atoms with Crippen molar-refractivity contribution < 1.29 is 5.11 Å². The van der Waals surface area contributed by atoms with Gasteiger partial charge in [-0.1, -0.05) is 45.0 Å². The van der Waals surface area contributed by atoms with Crippen LogP contribution in [0.2, 0.25) is 0 Å². The van der Waals surface area contributed by atoms with E-state index in [1.165, 1.54) is 24.8 Å². The highest BCUT2D eigenvalue weighted by atomic mass is 16.3. The van der Waals surface area contributed by atoms with E-state index in [1.54, 1.807) is 0 Å². The monoisotopic (exact) mass is 287 g/mol. The van der Waals surface area contributed by atoms with Crippen molar-refractivity contribution in [1.29, 1.82) is 0 Å². The van der Waals surface area contributed by atoms with Crippen LogP contribution in [0.4, 0.5) is 0 Å². The molecule has 2 heteroatoms. The summed E-state index contributed by atoms with van der Waals surface area (Å²) in [5.74, 6) is 0.809. The second kappa shape index (κ2) is 5.73. The predicted octanol–water partition coefficient (Wildman–Crippen LogP) is 3.79. The highest BCUT2D eigenvalue weighted by molar-refractivity contribution is 5.35. The van der Waals surface area contributed by atoms with Crippen LogP contribution in [0, 0.1) is 11.3 Å². The molecule has 3 unspecified atom stereocenters. The van der Waals surface area contributed by atoms with E-state index in [2.05, 4.69) is 43.9 Å². The van der Waals surface area contributed by atoms with E-state index in [-0.39, 0.29) is 6.10 Å². The molecule has 0 radical (unpaired) electrons. The van der Waals surface area contributed by atoms with Crippen LogP contribution in [0.1, 0.15) is 57.3 Å². The van der Waals surface area contributed by atoms with Gasteiger partial charge in [0.2, 0.25) is 0 Å². The number of hydrogen-bond donors (Lipinski definition) is 1. The number of aliphatic hydroxyl groups excluding tert-OH is 1. The summed E-state index contributed by atoms with van der Waals surface area (Å²) in [6.45, 7) is 9.38. The van der Waals surface area contributed by atoms with Gasteiger partial charge >= 0.3 is 0 Å². The van der Waals surface area contributed by atoms with Crippen molar-refractivity contribution in [2.24, 2.45) is 11.3 Å². The van der Waals surface area contributed by atoms with E-state index in [0.717, 1.165) is 31.0 Å². The Balaban J connectivity index is 1.69. The molecule has 116 valence electrons. The van der Waals surface area contributed by atoms with E-state index >= 15 is 0 Å². The number of fused-ring (bicyclic) bond motifs is 1. The van der Waals surface area contributed by atoms with Crippen LogP contribution in [-0.4, -0.2) is 29.1 Å². The fraction of sp³-hybridized carbons (Fsp3) is 0.684. The van der Waals surface area contributed by atoms with Crippen molar-refractivity contribution in [1.82, 2.24) is 4.90 Å². The molecular formula is C19H29NO. The van der Waals surface area contributed by atoms with Gasteiger partial charge in [-0.25, -0.2) is 0 Å². The molecule has 1 fully saturated rings. The Morgan fingerprint density at radius 1 is 1.10 bits per heavy atom. The van der Waals surface area contributed by atoms with Gasteiger partial charge in [0.15, 0.2) is 0 Å². The minimum atomic E-state index is -0.299. The maximum absolute atomic E-state index is 10.7. The Bertz CT molecular complexity index is 491. The third kappa shape index (κ3) is 3.02. The highest BCUT2D eigenvalue weighted by Crippen LogP contribution is 2.38. The molecular weight excluding hydrogens is 258 g/mol. The minimum Gasteiger partial charge on any atom is -0.387 e. The number of nitrogens with zero attached hydrogens (tertiary/aromatic N) is 1. The Labute approximate surface area is 129 Å². The fourth-order valence-corrected chi connectivity index (χ4v) is 4.20. The molecule has 3 atom stereocenters. The maximum Gasteiger partial charge on any atom is 0.0951 e. The van der Waals surface area contributed by atoms with Gasteiger partial charge in [0.05, 0.1) is 6.10 Å². The number of aliphatic hydroxyl groups is 1. The fourth-order valence-electron chi connectivity index (χ4n) is 4.20. The summed E-state index contributed by atoms with van der Waals surface area (Å²) in [6.07, 6.45) is 4.57. The zero-order valence-electron chi connectivity index (χ0n) is 13.7. The van der Waals surface area contributed by atoms with Crippen molar-refractivity contribution >= 4 is 0 Å².